The molecule has 27 nitrogen and oxygen atoms in total. The van der Waals surface area contributed by atoms with E-state index in [4.69, 9.17) is 10.5 Å². The zero-order chi connectivity index (χ0) is 55.0. The molecule has 29 heteroatoms. The van der Waals surface area contributed by atoms with E-state index in [2.05, 4.69) is 42.2 Å². The molecule has 13 N–H and O–H groups in total. The van der Waals surface area contributed by atoms with Crippen LogP contribution in [0.25, 0.3) is 10.9 Å². The number of H-pyrrole nitrogens is 1. The second kappa shape index (κ2) is 25.2. The molecule has 410 valence electrons. The number of hydrogen-bond acceptors (Lipinski definition) is 17. The molecule has 0 radical (unpaired) electrons. The fourth-order valence-electron chi connectivity index (χ4n) is 9.11. The van der Waals surface area contributed by atoms with Crippen molar-refractivity contribution in [2.45, 2.75) is 112 Å². The summed E-state index contributed by atoms with van der Waals surface area (Å²) in [5, 5.41) is 48.4. The molecule has 2 fully saturated rings. The number of benzene rings is 1. The minimum Gasteiger partial charge on any atom is -0.492 e. The number of thioether (sulfide) groups is 1. The maximum atomic E-state index is 15.0. The fourth-order valence-corrected chi connectivity index (χ4v) is 11.1. The molecular formula is C46H63N11O16S2. The second-order valence-corrected chi connectivity index (χ2v) is 21.3. The molecule has 5 heterocycles. The van der Waals surface area contributed by atoms with Crippen molar-refractivity contribution in [1.29, 1.82) is 0 Å². The normalized spacial score (nSPS) is 28.2. The Hall–Kier alpha value is -6.69. The number of amides is 11. The summed E-state index contributed by atoms with van der Waals surface area (Å²) in [6, 6.07) is -5.70. The number of rotatable bonds is 12. The molecule has 4 aliphatic rings. The lowest BCUT2D eigenvalue weighted by molar-refractivity contribution is -0.144. The second-order valence-electron chi connectivity index (χ2n) is 18.8. The van der Waals surface area contributed by atoms with Gasteiger partial charge in [0.1, 0.15) is 53.6 Å². The van der Waals surface area contributed by atoms with Gasteiger partial charge in [0, 0.05) is 43.2 Å². The van der Waals surface area contributed by atoms with Crippen molar-refractivity contribution in [3.8, 4) is 5.75 Å². The van der Waals surface area contributed by atoms with Crippen LogP contribution >= 0.6 is 11.8 Å². The van der Waals surface area contributed by atoms with Crippen LogP contribution < -0.4 is 47.7 Å². The predicted molar refractivity (Wildman–Crippen MR) is 265 cm³/mol. The van der Waals surface area contributed by atoms with Crippen LogP contribution in [-0.2, 0) is 70.0 Å². The van der Waals surface area contributed by atoms with Gasteiger partial charge in [0.15, 0.2) is 0 Å². The Balaban J connectivity index is 1.51. The lowest BCUT2D eigenvalue weighted by atomic mass is 9.93. The van der Waals surface area contributed by atoms with E-state index in [1.54, 1.807) is 20.1 Å². The van der Waals surface area contributed by atoms with Gasteiger partial charge in [-0.3, -0.25) is 61.8 Å². The number of fused-ring (bicyclic) bond motifs is 5. The van der Waals surface area contributed by atoms with Crippen molar-refractivity contribution in [3.63, 3.8) is 0 Å². The third kappa shape index (κ3) is 13.8. The van der Waals surface area contributed by atoms with Crippen LogP contribution in [-0.4, -0.2) is 204 Å². The molecule has 12 atom stereocenters. The first-order valence-corrected chi connectivity index (χ1v) is 26.8. The van der Waals surface area contributed by atoms with Crippen molar-refractivity contribution in [2.75, 3.05) is 51.4 Å². The SMILES string of the molecule is CC[C@H](C)[C@@H]1NC(=O)CNC(=O)[C@@H]2Cc3c([nH]c4cc(OCCN5C(=O)CC(SC)C5=O)ccc34)S(=O)C[C@H](NC(=O)CNC1=O)C(=O)N[C@@H](CC(N)=O)C(=O)N1C[C@H](O)C[C@H]1C(=O)N[C@@H]([C@@H](C)[C@@H](O)CO)C(=O)N2. The van der Waals surface area contributed by atoms with E-state index in [9.17, 15) is 72.3 Å². The Morgan fingerprint density at radius 1 is 0.867 bits per heavy atom. The standard InChI is InChI=1S/C46H63N11O16S2/c1-5-20(2)37-42(68)49-15-34(62)50-29-19-75(72)44-25(24-7-6-23(11-26(24)53-44)73-9-8-56-36(64)14-32(74-4)46(56)71)12-27(39(65)48-16-35(63)54-37)51-43(69)38(21(3)31(60)18-58)55-41(67)30-10-22(59)17-57(30)45(70)28(13-33(47)61)52-40(29)66/h6-7,11,20-22,27-32,37-38,53,58-60H,5,8-10,12-19H2,1-4H3,(H2,47,61)(H,48,65)(H,49,68)(H,50,62)(H,51,69)(H,52,66)(H,54,63)(H,55,67)/t20-,21-,22+,27-,28-,29-,30-,31-,32?,37-,38-,75?/m0/s1. The van der Waals surface area contributed by atoms with Gasteiger partial charge in [0.05, 0.1) is 72.2 Å². The lowest BCUT2D eigenvalue weighted by Gasteiger charge is -2.32. The highest BCUT2D eigenvalue weighted by Gasteiger charge is 2.45. The number of aliphatic hydroxyl groups excluding tert-OH is 3. The van der Waals surface area contributed by atoms with Crippen LogP contribution in [0.4, 0.5) is 0 Å². The van der Waals surface area contributed by atoms with Crippen LogP contribution in [0.1, 0.15) is 52.0 Å². The largest absolute Gasteiger partial charge is 0.492 e. The number of ether oxygens (including phenoxy) is 1. The van der Waals surface area contributed by atoms with Gasteiger partial charge >= 0.3 is 0 Å². The molecule has 1 aromatic heterocycles. The van der Waals surface area contributed by atoms with E-state index in [0.29, 0.717) is 6.42 Å². The molecule has 0 spiro atoms. The topological polar surface area (TPSA) is 407 Å². The molecule has 6 rings (SSSR count). The number of aliphatic hydroxyl groups is 3. The van der Waals surface area contributed by atoms with E-state index in [0.717, 1.165) is 9.80 Å². The van der Waals surface area contributed by atoms with Crippen LogP contribution in [0, 0.1) is 11.8 Å². The summed E-state index contributed by atoms with van der Waals surface area (Å²) in [6.07, 6.45) is -2.82. The maximum absolute atomic E-state index is 15.0. The summed E-state index contributed by atoms with van der Waals surface area (Å²) in [5.41, 5.74) is 5.80. The highest BCUT2D eigenvalue weighted by molar-refractivity contribution is 8.00. The van der Waals surface area contributed by atoms with Gasteiger partial charge in [0.25, 0.3) is 0 Å². The van der Waals surface area contributed by atoms with Gasteiger partial charge in [-0.05, 0) is 29.9 Å². The number of nitrogens with two attached hydrogens (primary N) is 1. The Kier molecular flexibility index (Phi) is 19.4. The van der Waals surface area contributed by atoms with Gasteiger partial charge in [0.2, 0.25) is 65.0 Å². The van der Waals surface area contributed by atoms with Crippen molar-refractivity contribution in [3.05, 3.63) is 23.8 Å². The van der Waals surface area contributed by atoms with Gasteiger partial charge in [-0.15, -0.1) is 0 Å². The van der Waals surface area contributed by atoms with E-state index >= 15 is 0 Å². The van der Waals surface area contributed by atoms with Crippen LogP contribution in [0.3, 0.4) is 0 Å². The number of hydrogen-bond donors (Lipinski definition) is 12. The molecule has 11 amide bonds. The zero-order valence-corrected chi connectivity index (χ0v) is 43.1. The van der Waals surface area contributed by atoms with Crippen molar-refractivity contribution >= 4 is 98.4 Å². The molecule has 2 aromatic rings. The summed E-state index contributed by atoms with van der Waals surface area (Å²) >= 11 is 1.25. The van der Waals surface area contributed by atoms with Gasteiger partial charge in [-0.2, -0.15) is 11.8 Å². The molecule has 75 heavy (non-hydrogen) atoms. The third-order valence-corrected chi connectivity index (χ3v) is 16.0. The Bertz CT molecular complexity index is 2620. The Morgan fingerprint density at radius 2 is 1.56 bits per heavy atom. The van der Waals surface area contributed by atoms with Crippen LogP contribution in [0.5, 0.6) is 5.75 Å². The summed E-state index contributed by atoms with van der Waals surface area (Å²) in [5.74, 6) is -12.6. The quantitative estimate of drug-likeness (QED) is 0.0881. The monoisotopic (exact) mass is 1090 g/mol. The average molecular weight is 1090 g/mol. The van der Waals surface area contributed by atoms with Crippen molar-refractivity contribution in [1.82, 2.24) is 52.0 Å². The fraction of sp³-hybridized carbons (Fsp3) is 0.587. The first-order valence-electron chi connectivity index (χ1n) is 24.2. The van der Waals surface area contributed by atoms with E-state index in [-0.39, 0.29) is 58.6 Å². The highest BCUT2D eigenvalue weighted by Crippen LogP contribution is 2.31. The van der Waals surface area contributed by atoms with Crippen molar-refractivity contribution < 1.29 is 77.0 Å². The molecule has 0 saturated carbocycles. The third-order valence-electron chi connectivity index (χ3n) is 13.6. The summed E-state index contributed by atoms with van der Waals surface area (Å²) in [4.78, 5) is 156. The van der Waals surface area contributed by atoms with Gasteiger partial charge < -0.3 is 72.9 Å². The van der Waals surface area contributed by atoms with Crippen molar-refractivity contribution in [2.24, 2.45) is 17.6 Å². The summed E-state index contributed by atoms with van der Waals surface area (Å²) in [6.45, 7) is 1.43. The Labute approximate surface area is 436 Å². The number of likely N-dealkylation sites (tertiary alicyclic amines) is 1. The number of carbonyl (C=O) groups excluding carboxylic acids is 11. The summed E-state index contributed by atoms with van der Waals surface area (Å²) < 4.78 is 20.9. The molecule has 2 bridgehead atoms. The van der Waals surface area contributed by atoms with E-state index < -0.39 is 181 Å². The lowest BCUT2D eigenvalue weighted by Crippen LogP contribution is -2.62. The van der Waals surface area contributed by atoms with Crippen LogP contribution in [0.15, 0.2) is 23.2 Å². The average Bonchev–Trinajstić information content (AvgIpc) is 4.04. The number of imide groups is 1. The molecule has 2 saturated heterocycles. The Morgan fingerprint density at radius 3 is 2.21 bits per heavy atom. The summed E-state index contributed by atoms with van der Waals surface area (Å²) in [7, 11) is -2.44. The molecule has 0 aliphatic carbocycles. The number of nitrogens with zero attached hydrogens (tertiary/aromatic N) is 2. The first kappa shape index (κ1) is 57.6. The maximum Gasteiger partial charge on any atom is 0.246 e. The minimum absolute atomic E-state index is 0.0420. The minimum atomic E-state index is -2.44. The zero-order valence-electron chi connectivity index (χ0n) is 41.5. The number of primary amides is 1. The number of nitrogens with one attached hydrogen (secondary N) is 8. The van der Waals surface area contributed by atoms with E-state index in [1.807, 2.05) is 0 Å². The number of aromatic nitrogens is 1. The van der Waals surface area contributed by atoms with Gasteiger partial charge in [-0.1, -0.05) is 27.2 Å². The number of aromatic amines is 1. The molecular weight excluding hydrogens is 1030 g/mol. The molecule has 1 aromatic carbocycles. The first-order chi connectivity index (χ1) is 35.5. The number of carbonyl (C=O) groups is 11. The van der Waals surface area contributed by atoms with E-state index in [1.165, 1.54) is 36.9 Å². The van der Waals surface area contributed by atoms with Gasteiger partial charge in [-0.25, -0.2) is 0 Å². The molecule has 4 aliphatic heterocycles. The smallest absolute Gasteiger partial charge is 0.246 e. The molecule has 2 unspecified atom stereocenters. The highest BCUT2D eigenvalue weighted by atomic mass is 32.2. The van der Waals surface area contributed by atoms with Crippen LogP contribution in [0.2, 0.25) is 0 Å². The predicted octanol–water partition coefficient (Wildman–Crippen LogP) is -5.76.